The van der Waals surface area contributed by atoms with Gasteiger partial charge < -0.3 is 26.2 Å². The van der Waals surface area contributed by atoms with Gasteiger partial charge in [-0.05, 0) is 47.8 Å². The molecule has 1 aromatic heterocycles. The molecule has 3 aliphatic rings. The Labute approximate surface area is 294 Å². The number of piperidine rings is 1. The summed E-state index contributed by atoms with van der Waals surface area (Å²) in [6.07, 6.45) is 15.6. The van der Waals surface area contributed by atoms with Gasteiger partial charge in [0.05, 0.1) is 12.2 Å². The molecule has 4 N–H and O–H groups in total. The number of hydrogen-bond donors (Lipinski definition) is 4. The van der Waals surface area contributed by atoms with Gasteiger partial charge in [0.2, 0.25) is 23.5 Å². The van der Waals surface area contributed by atoms with Crippen molar-refractivity contribution in [3.8, 4) is 12.3 Å². The molecule has 1 aliphatic heterocycles. The van der Waals surface area contributed by atoms with Crippen LogP contribution in [0.5, 0.6) is 0 Å². The van der Waals surface area contributed by atoms with Crippen molar-refractivity contribution in [2.24, 2.45) is 28.6 Å². The molecule has 0 unspecified atom stereocenters. The quantitative estimate of drug-likeness (QED) is 0.130. The molecule has 0 aromatic carbocycles. The number of fused-ring (bicyclic) bond motifs is 1. The molecular weight excluding hydrogens is 638 g/mol. The third-order valence-electron chi connectivity index (χ3n) is 10.5. The number of ketones is 1. The highest BCUT2D eigenvalue weighted by atomic mass is 16.2. The number of carbonyl (C=O) groups is 6. The van der Waals surface area contributed by atoms with Gasteiger partial charge in [0.1, 0.15) is 23.8 Å². The van der Waals surface area contributed by atoms with Gasteiger partial charge in [-0.25, -0.2) is 4.98 Å². The summed E-state index contributed by atoms with van der Waals surface area (Å²) in [7, 11) is 0. The van der Waals surface area contributed by atoms with Crippen LogP contribution in [0.25, 0.3) is 0 Å². The van der Waals surface area contributed by atoms with Crippen LogP contribution in [0.4, 0.5) is 0 Å². The summed E-state index contributed by atoms with van der Waals surface area (Å²) >= 11 is 0. The lowest BCUT2D eigenvalue weighted by atomic mass is 9.82. The first-order chi connectivity index (χ1) is 23.6. The molecule has 6 atom stereocenters. The van der Waals surface area contributed by atoms with Gasteiger partial charge in [0.25, 0.3) is 11.8 Å². The Balaban J connectivity index is 1.58. The predicted molar refractivity (Wildman–Crippen MR) is 186 cm³/mol. The summed E-state index contributed by atoms with van der Waals surface area (Å²) in [6, 6.07) is -4.09. The topological polar surface area (TPSA) is 180 Å². The van der Waals surface area contributed by atoms with E-state index in [1.807, 2.05) is 34.6 Å². The van der Waals surface area contributed by atoms with Crippen molar-refractivity contribution in [1.82, 2.24) is 36.1 Å². The van der Waals surface area contributed by atoms with Crippen molar-refractivity contribution >= 4 is 35.3 Å². The second-order valence-electron chi connectivity index (χ2n) is 15.3. The lowest BCUT2D eigenvalue weighted by Crippen LogP contribution is -2.62. The average Bonchev–Trinajstić information content (AvgIpc) is 3.39. The molecule has 0 radical (unpaired) electrons. The van der Waals surface area contributed by atoms with Crippen LogP contribution < -0.4 is 21.3 Å². The zero-order valence-corrected chi connectivity index (χ0v) is 29.8. The maximum atomic E-state index is 14.5. The Kier molecular flexibility index (Phi) is 12.2. The molecule has 2 aliphatic carbocycles. The monoisotopic (exact) mass is 689 g/mol. The van der Waals surface area contributed by atoms with Crippen LogP contribution in [-0.4, -0.2) is 87.4 Å². The molecule has 2 heterocycles. The van der Waals surface area contributed by atoms with Crippen molar-refractivity contribution < 1.29 is 28.8 Å². The summed E-state index contributed by atoms with van der Waals surface area (Å²) < 4.78 is 0. The number of Topliss-reactive ketones (excluding diaryl/α,β-unsaturated/α-hetero) is 1. The Morgan fingerprint density at radius 1 is 1.08 bits per heavy atom. The van der Waals surface area contributed by atoms with Crippen LogP contribution in [0.2, 0.25) is 0 Å². The first-order valence-corrected chi connectivity index (χ1v) is 17.5. The van der Waals surface area contributed by atoms with E-state index in [1.165, 1.54) is 29.6 Å². The van der Waals surface area contributed by atoms with Crippen LogP contribution in [0.15, 0.2) is 31.2 Å². The predicted octanol–water partition coefficient (Wildman–Crippen LogP) is 1.94. The molecule has 1 saturated heterocycles. The Morgan fingerprint density at radius 2 is 1.78 bits per heavy atom. The van der Waals surface area contributed by atoms with Gasteiger partial charge in [-0.15, -0.1) is 18.9 Å². The molecule has 0 spiro atoms. The van der Waals surface area contributed by atoms with Crippen LogP contribution in [-0.2, 0) is 24.0 Å². The van der Waals surface area contributed by atoms with E-state index in [9.17, 15) is 28.8 Å². The van der Waals surface area contributed by atoms with E-state index < -0.39 is 64.9 Å². The van der Waals surface area contributed by atoms with Crippen molar-refractivity contribution in [3.05, 3.63) is 36.9 Å². The SMILES string of the molecule is C#CCC[C@H](NC(=O)[C@@H]1[C@@H]2[C@H](CN1C(=O)[C@@H](NC(=O)[C@@H](NC(=O)c1cnccn1)C1CCCCC1)C(C)(C)C)C2(C)C)C(=O)C(=O)NCC=C. The van der Waals surface area contributed by atoms with Crippen LogP contribution in [0.1, 0.15) is 90.1 Å². The number of hydrogen-bond acceptors (Lipinski definition) is 8. The summed E-state index contributed by atoms with van der Waals surface area (Å²) in [4.78, 5) is 91.0. The van der Waals surface area contributed by atoms with Crippen molar-refractivity contribution in [2.45, 2.75) is 104 Å². The Morgan fingerprint density at radius 3 is 2.38 bits per heavy atom. The summed E-state index contributed by atoms with van der Waals surface area (Å²) in [5.41, 5.74) is -0.943. The van der Waals surface area contributed by atoms with E-state index in [2.05, 4.69) is 43.7 Å². The minimum atomic E-state index is -1.19. The van der Waals surface area contributed by atoms with E-state index in [0.717, 1.165) is 32.1 Å². The van der Waals surface area contributed by atoms with Gasteiger partial charge in [-0.1, -0.05) is 60.0 Å². The number of carbonyl (C=O) groups excluding carboxylic acids is 6. The molecule has 4 rings (SSSR count). The van der Waals surface area contributed by atoms with Crippen LogP contribution in [0.3, 0.4) is 0 Å². The van der Waals surface area contributed by atoms with Gasteiger partial charge >= 0.3 is 0 Å². The van der Waals surface area contributed by atoms with Gasteiger partial charge in [-0.2, -0.15) is 0 Å². The number of terminal acetylenes is 1. The second-order valence-corrected chi connectivity index (χ2v) is 15.3. The third kappa shape index (κ3) is 8.57. The molecule has 13 nitrogen and oxygen atoms in total. The Bertz CT molecular complexity index is 1510. The molecular formula is C37H51N7O6. The molecule has 2 saturated carbocycles. The standard InChI is InChI=1S/C37H51N7O6/c1-8-10-16-24(29(45)34(49)40-17-9-2)41-33(48)28-26-23(37(26,6)7)21-44(28)35(50)30(36(3,4)5)43-32(47)27(22-14-12-11-13-15-22)42-31(46)25-20-38-18-19-39-25/h1,9,18-20,22-24,26-28,30H,2,10-17,21H2,3-7H3,(H,40,49)(H,41,48)(H,42,46)(H,43,47)/t23-,24-,26-,27-,28-,30+/m0/s1. The van der Waals surface area contributed by atoms with E-state index in [4.69, 9.17) is 6.42 Å². The number of rotatable bonds is 14. The van der Waals surface area contributed by atoms with E-state index in [-0.39, 0.29) is 54.8 Å². The first kappa shape index (κ1) is 38.2. The highest BCUT2D eigenvalue weighted by Gasteiger charge is 2.70. The lowest BCUT2D eigenvalue weighted by Gasteiger charge is -2.39. The zero-order valence-electron chi connectivity index (χ0n) is 29.8. The fraction of sp³-hybridized carbons (Fsp3) is 0.622. The fourth-order valence-corrected chi connectivity index (χ4v) is 7.52. The molecule has 5 amide bonds. The number of nitrogens with one attached hydrogen (secondary N) is 4. The van der Waals surface area contributed by atoms with E-state index in [0.29, 0.717) is 0 Å². The van der Waals surface area contributed by atoms with Crippen molar-refractivity contribution in [2.75, 3.05) is 13.1 Å². The average molecular weight is 690 g/mol. The van der Waals surface area contributed by atoms with Gasteiger partial charge in [0, 0.05) is 31.9 Å². The largest absolute Gasteiger partial charge is 0.346 e. The summed E-state index contributed by atoms with van der Waals surface area (Å²) in [5, 5.41) is 11.0. The first-order valence-electron chi connectivity index (χ1n) is 17.5. The van der Waals surface area contributed by atoms with Crippen molar-refractivity contribution in [1.29, 1.82) is 0 Å². The maximum Gasteiger partial charge on any atom is 0.289 e. The normalized spacial score (nSPS) is 22.8. The minimum absolute atomic E-state index is 0.0236. The number of amides is 5. The van der Waals surface area contributed by atoms with E-state index >= 15 is 0 Å². The van der Waals surface area contributed by atoms with Crippen molar-refractivity contribution in [3.63, 3.8) is 0 Å². The molecule has 1 aromatic rings. The zero-order chi connectivity index (χ0) is 36.8. The number of likely N-dealkylation sites (tertiary alicyclic amines) is 1. The second kappa shape index (κ2) is 16.0. The minimum Gasteiger partial charge on any atom is -0.346 e. The summed E-state index contributed by atoms with van der Waals surface area (Å²) in [6.45, 7) is 13.5. The highest BCUT2D eigenvalue weighted by Crippen LogP contribution is 2.65. The van der Waals surface area contributed by atoms with Crippen LogP contribution >= 0.6 is 0 Å². The molecule has 50 heavy (non-hydrogen) atoms. The number of aromatic nitrogens is 2. The Hall–Kier alpha value is -4.60. The lowest BCUT2D eigenvalue weighted by molar-refractivity contribution is -0.147. The molecule has 270 valence electrons. The smallest absolute Gasteiger partial charge is 0.289 e. The third-order valence-corrected chi connectivity index (χ3v) is 10.5. The fourth-order valence-electron chi connectivity index (χ4n) is 7.52. The molecule has 3 fully saturated rings. The molecule has 13 heteroatoms. The molecule has 0 bridgehead atoms. The van der Waals surface area contributed by atoms with Gasteiger partial charge in [0.15, 0.2) is 0 Å². The van der Waals surface area contributed by atoms with Crippen LogP contribution in [0, 0.1) is 40.9 Å². The van der Waals surface area contributed by atoms with E-state index in [1.54, 1.807) is 0 Å². The van der Waals surface area contributed by atoms with Gasteiger partial charge in [-0.3, -0.25) is 33.8 Å². The summed E-state index contributed by atoms with van der Waals surface area (Å²) in [5.74, 6) is -1.58. The highest BCUT2D eigenvalue weighted by molar-refractivity contribution is 6.38. The maximum absolute atomic E-state index is 14.5. The number of nitrogens with zero attached hydrogens (tertiary/aromatic N) is 3.